The number of amides is 2. The van der Waals surface area contributed by atoms with Crippen LogP contribution in [0.25, 0.3) is 5.57 Å². The van der Waals surface area contributed by atoms with E-state index in [4.69, 9.17) is 26.2 Å². The number of rotatable bonds is 14. The Morgan fingerprint density at radius 3 is 2.41 bits per heavy atom. The van der Waals surface area contributed by atoms with Crippen LogP contribution >= 0.6 is 11.6 Å². The predicted octanol–water partition coefficient (Wildman–Crippen LogP) is 5.30. The smallest absolute Gasteiger partial charge is 0.305 e. The molecule has 2 heterocycles. The third-order valence-electron chi connectivity index (χ3n) is 9.72. The van der Waals surface area contributed by atoms with Gasteiger partial charge in [0, 0.05) is 42.9 Å². The summed E-state index contributed by atoms with van der Waals surface area (Å²) in [6.45, 7) is 5.21. The van der Waals surface area contributed by atoms with Crippen molar-refractivity contribution in [1.82, 2.24) is 15.1 Å². The Morgan fingerprint density at radius 2 is 1.71 bits per heavy atom. The maximum absolute atomic E-state index is 14.8. The molecule has 1 aliphatic carbocycles. The molecule has 3 aliphatic rings. The van der Waals surface area contributed by atoms with Crippen LogP contribution in [0.4, 0.5) is 4.39 Å². The summed E-state index contributed by atoms with van der Waals surface area (Å²) in [5.41, 5.74) is 4.82. The number of carbonyl (C=O) groups is 3. The topological polar surface area (TPSA) is 129 Å². The van der Waals surface area contributed by atoms with E-state index in [1.54, 1.807) is 28.0 Å². The molecule has 3 N–H and O–H groups in total. The molecule has 270 valence electrons. The van der Waals surface area contributed by atoms with Crippen LogP contribution in [0.3, 0.4) is 0 Å². The van der Waals surface area contributed by atoms with Gasteiger partial charge in [-0.3, -0.25) is 14.4 Å². The first-order chi connectivity index (χ1) is 24.5. The van der Waals surface area contributed by atoms with Gasteiger partial charge in [-0.05, 0) is 85.7 Å². The van der Waals surface area contributed by atoms with Gasteiger partial charge in [0.2, 0.25) is 5.91 Å². The molecular weight excluding hydrogens is 677 g/mol. The summed E-state index contributed by atoms with van der Waals surface area (Å²) < 4.78 is 26.6. The molecule has 3 atom stereocenters. The van der Waals surface area contributed by atoms with E-state index >= 15 is 0 Å². The lowest BCUT2D eigenvalue weighted by molar-refractivity contribution is -0.141. The molecule has 2 aliphatic heterocycles. The number of aryl methyl sites for hydroxylation is 2. The molecular formula is C39H43ClFN3O7. The Hall–Kier alpha value is -4.45. The number of halogens is 2. The van der Waals surface area contributed by atoms with E-state index in [9.17, 15) is 23.9 Å². The fraction of sp³-hybridized carbons (Fsp3) is 0.410. The number of aliphatic hydroxyl groups is 1. The van der Waals surface area contributed by atoms with E-state index < -0.39 is 24.5 Å². The number of hydrogen-bond donors (Lipinski definition) is 3. The lowest BCUT2D eigenvalue weighted by Crippen LogP contribution is -2.62. The number of nitrogens with zero attached hydrogens (tertiary/aromatic N) is 2. The van der Waals surface area contributed by atoms with Gasteiger partial charge in [0.05, 0.1) is 30.0 Å². The molecule has 0 spiro atoms. The second-order valence-electron chi connectivity index (χ2n) is 13.6. The Kier molecular flexibility index (Phi) is 11.3. The highest BCUT2D eigenvalue weighted by molar-refractivity contribution is 6.32. The van der Waals surface area contributed by atoms with Gasteiger partial charge >= 0.3 is 5.97 Å². The second kappa shape index (κ2) is 15.8. The predicted molar refractivity (Wildman–Crippen MR) is 190 cm³/mol. The monoisotopic (exact) mass is 719 g/mol. The Bertz CT molecular complexity index is 1810. The van der Waals surface area contributed by atoms with Crippen LogP contribution in [0.15, 0.2) is 66.2 Å². The molecule has 6 rings (SSSR count). The zero-order chi connectivity index (χ0) is 36.2. The highest BCUT2D eigenvalue weighted by atomic mass is 35.5. The number of carboxylic acid groups (broad SMARTS) is 1. The molecule has 3 aromatic carbocycles. The fourth-order valence-corrected chi connectivity index (χ4v) is 7.09. The van der Waals surface area contributed by atoms with Crippen LogP contribution in [0.1, 0.15) is 54.4 Å². The standard InChI is InChI=1S/C39H43ClFN3O7/c1-23-15-32(40)35(16-24(23)2)51-14-13-50-30-11-7-25(8-12-30)31-17-27-21-43(36(46)18-29(45)19-37(47)48)22-34(42-27)38(31)39(49)44(28-9-10-28)20-26-5-3-4-6-33(26)41/h3-8,11-12,15-16,27-29,34,42,45H,9-10,13-14,17-22H2,1-2H3,(H,47,48)/t27-,29-,34-/m1/s1. The first kappa shape index (κ1) is 36.3. The van der Waals surface area contributed by atoms with E-state index in [1.807, 2.05) is 50.2 Å². The first-order valence-corrected chi connectivity index (χ1v) is 17.7. The highest BCUT2D eigenvalue weighted by Gasteiger charge is 2.43. The number of hydrogen-bond acceptors (Lipinski definition) is 7. The summed E-state index contributed by atoms with van der Waals surface area (Å²) in [7, 11) is 0. The number of aliphatic carboxylic acids is 1. The molecule has 12 heteroatoms. The van der Waals surface area contributed by atoms with E-state index in [0.717, 1.165) is 35.1 Å². The van der Waals surface area contributed by atoms with Crippen molar-refractivity contribution in [2.45, 2.75) is 76.7 Å². The molecule has 1 saturated carbocycles. The number of benzene rings is 3. The summed E-state index contributed by atoms with van der Waals surface area (Å²) >= 11 is 6.34. The average Bonchev–Trinajstić information content (AvgIpc) is 3.93. The minimum atomic E-state index is -1.31. The van der Waals surface area contributed by atoms with Crippen molar-refractivity contribution in [3.8, 4) is 11.5 Å². The van der Waals surface area contributed by atoms with Crippen molar-refractivity contribution in [2.24, 2.45) is 0 Å². The van der Waals surface area contributed by atoms with Crippen LogP contribution in [0.5, 0.6) is 11.5 Å². The number of fused-ring (bicyclic) bond motifs is 2. The molecule has 0 aromatic heterocycles. The van der Waals surface area contributed by atoms with Gasteiger partial charge < -0.3 is 34.8 Å². The zero-order valence-corrected chi connectivity index (χ0v) is 29.5. The Morgan fingerprint density at radius 1 is 1.00 bits per heavy atom. The van der Waals surface area contributed by atoms with Crippen molar-refractivity contribution in [3.63, 3.8) is 0 Å². The van der Waals surface area contributed by atoms with Crippen molar-refractivity contribution in [3.05, 3.63) is 99.3 Å². The molecule has 10 nitrogen and oxygen atoms in total. The lowest BCUT2D eigenvalue weighted by Gasteiger charge is -2.45. The van der Waals surface area contributed by atoms with E-state index in [1.165, 1.54) is 6.07 Å². The third-order valence-corrected chi connectivity index (χ3v) is 10.0. The van der Waals surface area contributed by atoms with E-state index in [2.05, 4.69) is 5.32 Å². The van der Waals surface area contributed by atoms with Gasteiger partial charge in [-0.2, -0.15) is 0 Å². The molecule has 2 fully saturated rings. The van der Waals surface area contributed by atoms with Gasteiger partial charge in [-0.25, -0.2) is 4.39 Å². The quantitative estimate of drug-likeness (QED) is 0.192. The van der Waals surface area contributed by atoms with Crippen LogP contribution in [0.2, 0.25) is 5.02 Å². The van der Waals surface area contributed by atoms with E-state index in [0.29, 0.717) is 53.8 Å². The van der Waals surface area contributed by atoms with Crippen LogP contribution < -0.4 is 14.8 Å². The SMILES string of the molecule is Cc1cc(Cl)c(OCCOc2ccc(C3=C(C(=O)N(Cc4ccccc4F)C4CC4)[C@H]4CN(C(=O)C[C@@H](O)CC(=O)O)C[C@@H](C3)N4)cc2)cc1C. The van der Waals surface area contributed by atoms with Crippen LogP contribution in [-0.4, -0.2) is 88.3 Å². The van der Waals surface area contributed by atoms with Crippen molar-refractivity contribution >= 4 is 35.0 Å². The minimum absolute atomic E-state index is 0.0206. The summed E-state index contributed by atoms with van der Waals surface area (Å²) in [4.78, 5) is 42.3. The average molecular weight is 720 g/mol. The largest absolute Gasteiger partial charge is 0.490 e. The summed E-state index contributed by atoms with van der Waals surface area (Å²) in [5, 5.41) is 23.3. The molecule has 0 unspecified atom stereocenters. The maximum atomic E-state index is 14.8. The third kappa shape index (κ3) is 8.90. The number of carbonyl (C=O) groups excluding carboxylic acids is 2. The number of aliphatic hydroxyl groups excluding tert-OH is 1. The summed E-state index contributed by atoms with van der Waals surface area (Å²) in [5.74, 6) is -0.909. The zero-order valence-electron chi connectivity index (χ0n) is 28.7. The van der Waals surface area contributed by atoms with Gasteiger partial charge in [0.1, 0.15) is 30.5 Å². The van der Waals surface area contributed by atoms with Gasteiger partial charge in [0.15, 0.2) is 0 Å². The lowest BCUT2D eigenvalue weighted by atomic mass is 9.82. The van der Waals surface area contributed by atoms with Crippen molar-refractivity contribution in [1.29, 1.82) is 0 Å². The van der Waals surface area contributed by atoms with Gasteiger partial charge in [0.25, 0.3) is 5.91 Å². The van der Waals surface area contributed by atoms with Crippen LogP contribution in [-0.2, 0) is 20.9 Å². The molecule has 1 saturated heterocycles. The minimum Gasteiger partial charge on any atom is -0.490 e. The van der Waals surface area contributed by atoms with Gasteiger partial charge in [-0.1, -0.05) is 41.9 Å². The van der Waals surface area contributed by atoms with Crippen molar-refractivity contribution < 1.29 is 38.5 Å². The second-order valence-corrected chi connectivity index (χ2v) is 14.0. The number of piperazine rings is 1. The molecule has 51 heavy (non-hydrogen) atoms. The van der Waals surface area contributed by atoms with Crippen LogP contribution in [0, 0.1) is 19.7 Å². The molecule has 2 bridgehead atoms. The van der Waals surface area contributed by atoms with Gasteiger partial charge in [-0.15, -0.1) is 0 Å². The summed E-state index contributed by atoms with van der Waals surface area (Å²) in [6, 6.07) is 17.1. The first-order valence-electron chi connectivity index (χ1n) is 17.3. The normalized spacial score (nSPS) is 19.0. The molecule has 2 amide bonds. The van der Waals surface area contributed by atoms with E-state index in [-0.39, 0.29) is 49.2 Å². The maximum Gasteiger partial charge on any atom is 0.305 e. The fourth-order valence-electron chi connectivity index (χ4n) is 6.82. The molecule has 0 radical (unpaired) electrons. The van der Waals surface area contributed by atoms with Crippen molar-refractivity contribution in [2.75, 3.05) is 26.3 Å². The molecule has 3 aromatic rings. The Labute approximate surface area is 301 Å². The highest BCUT2D eigenvalue weighted by Crippen LogP contribution is 2.38. The number of ether oxygens (including phenoxy) is 2. The number of nitrogens with one attached hydrogen (secondary N) is 1. The Balaban J connectivity index is 1.23. The number of carboxylic acids is 1. The summed E-state index contributed by atoms with van der Waals surface area (Å²) in [6.07, 6.45) is -0.0696.